The molecule has 0 atom stereocenters. The van der Waals surface area contributed by atoms with E-state index in [-0.39, 0.29) is 11.4 Å². The van der Waals surface area contributed by atoms with E-state index >= 15 is 0 Å². The first-order valence-electron chi connectivity index (χ1n) is 5.11. The van der Waals surface area contributed by atoms with Gasteiger partial charge >= 0.3 is 0 Å². The Morgan fingerprint density at radius 1 is 1.60 bits per heavy atom. The third-order valence-corrected chi connectivity index (χ3v) is 2.42. The van der Waals surface area contributed by atoms with E-state index in [0.717, 1.165) is 12.3 Å². The standard InChI is InChI=1S/C11H16N2O2/c1-11(2)8-13(7-10(14)12-11)6-9-4-3-5-15-9/h3-5H,6-8H2,1-2H3,(H,12,14). The first-order chi connectivity index (χ1) is 7.05. The molecule has 1 fully saturated rings. The van der Waals surface area contributed by atoms with E-state index in [4.69, 9.17) is 4.42 Å². The summed E-state index contributed by atoms with van der Waals surface area (Å²) in [5, 5.41) is 2.95. The second-order valence-electron chi connectivity index (χ2n) is 4.66. The summed E-state index contributed by atoms with van der Waals surface area (Å²) < 4.78 is 5.27. The molecule has 1 amide bonds. The maximum absolute atomic E-state index is 11.4. The van der Waals surface area contributed by atoms with Crippen molar-refractivity contribution in [3.05, 3.63) is 24.2 Å². The summed E-state index contributed by atoms with van der Waals surface area (Å²) in [4.78, 5) is 13.5. The van der Waals surface area contributed by atoms with Gasteiger partial charge in [0.05, 0.1) is 19.4 Å². The van der Waals surface area contributed by atoms with Crippen molar-refractivity contribution in [2.75, 3.05) is 13.1 Å². The van der Waals surface area contributed by atoms with E-state index in [1.807, 2.05) is 26.0 Å². The summed E-state index contributed by atoms with van der Waals surface area (Å²) in [5.41, 5.74) is -0.151. The van der Waals surface area contributed by atoms with Crippen LogP contribution in [0.25, 0.3) is 0 Å². The number of rotatable bonds is 2. The van der Waals surface area contributed by atoms with Gasteiger partial charge in [-0.2, -0.15) is 0 Å². The van der Waals surface area contributed by atoms with Gasteiger partial charge in [0.25, 0.3) is 0 Å². The lowest BCUT2D eigenvalue weighted by molar-refractivity contribution is -0.127. The lowest BCUT2D eigenvalue weighted by atomic mass is 10.0. The molecule has 0 bridgehead atoms. The molecule has 1 aliphatic heterocycles. The molecule has 0 aliphatic carbocycles. The predicted octanol–water partition coefficient (Wildman–Crippen LogP) is 0.990. The Morgan fingerprint density at radius 3 is 3.00 bits per heavy atom. The third kappa shape index (κ3) is 2.59. The molecule has 0 radical (unpaired) electrons. The predicted molar refractivity (Wildman–Crippen MR) is 56.2 cm³/mol. The van der Waals surface area contributed by atoms with Gasteiger partial charge in [0.1, 0.15) is 5.76 Å². The third-order valence-electron chi connectivity index (χ3n) is 2.42. The van der Waals surface area contributed by atoms with Crippen LogP contribution < -0.4 is 5.32 Å². The minimum absolute atomic E-state index is 0.0813. The molecule has 0 saturated carbocycles. The number of furan rings is 1. The van der Waals surface area contributed by atoms with Crippen LogP contribution in [0, 0.1) is 0 Å². The number of hydrogen-bond acceptors (Lipinski definition) is 3. The molecular weight excluding hydrogens is 192 g/mol. The van der Waals surface area contributed by atoms with Gasteiger partial charge in [0.2, 0.25) is 5.91 Å². The topological polar surface area (TPSA) is 45.5 Å². The molecule has 82 valence electrons. The van der Waals surface area contributed by atoms with E-state index < -0.39 is 0 Å². The van der Waals surface area contributed by atoms with Gasteiger partial charge in [-0.15, -0.1) is 0 Å². The summed E-state index contributed by atoms with van der Waals surface area (Å²) in [6, 6.07) is 3.80. The van der Waals surface area contributed by atoms with E-state index in [2.05, 4.69) is 10.2 Å². The monoisotopic (exact) mass is 208 g/mol. The van der Waals surface area contributed by atoms with Gasteiger partial charge in [-0.3, -0.25) is 9.69 Å². The fourth-order valence-electron chi connectivity index (χ4n) is 2.01. The lowest BCUT2D eigenvalue weighted by Crippen LogP contribution is -2.59. The van der Waals surface area contributed by atoms with E-state index in [9.17, 15) is 4.79 Å². The molecule has 4 heteroatoms. The Balaban J connectivity index is 2.01. The lowest BCUT2D eigenvalue weighted by Gasteiger charge is -2.38. The number of carbonyl (C=O) groups excluding carboxylic acids is 1. The smallest absolute Gasteiger partial charge is 0.234 e. The van der Waals surface area contributed by atoms with Crippen LogP contribution in [-0.4, -0.2) is 29.4 Å². The number of nitrogens with zero attached hydrogens (tertiary/aromatic N) is 1. The van der Waals surface area contributed by atoms with Crippen LogP contribution in [0.15, 0.2) is 22.8 Å². The zero-order chi connectivity index (χ0) is 10.9. The summed E-state index contributed by atoms with van der Waals surface area (Å²) in [6.45, 7) is 6.05. The zero-order valence-electron chi connectivity index (χ0n) is 9.12. The summed E-state index contributed by atoms with van der Waals surface area (Å²) in [7, 11) is 0. The SMILES string of the molecule is CC1(C)CN(Cc2ccco2)CC(=O)N1. The Bertz CT molecular complexity index is 343. The van der Waals surface area contributed by atoms with Crippen molar-refractivity contribution in [2.24, 2.45) is 0 Å². The minimum Gasteiger partial charge on any atom is -0.468 e. The van der Waals surface area contributed by atoms with Crippen LogP contribution in [0.2, 0.25) is 0 Å². The highest BCUT2D eigenvalue weighted by molar-refractivity contribution is 5.79. The summed E-state index contributed by atoms with van der Waals surface area (Å²) in [5.74, 6) is 0.985. The van der Waals surface area contributed by atoms with Crippen molar-refractivity contribution in [2.45, 2.75) is 25.9 Å². The van der Waals surface area contributed by atoms with Gasteiger partial charge < -0.3 is 9.73 Å². The maximum Gasteiger partial charge on any atom is 0.234 e. The van der Waals surface area contributed by atoms with Crippen molar-refractivity contribution in [1.82, 2.24) is 10.2 Å². The Morgan fingerprint density at radius 2 is 2.40 bits per heavy atom. The molecule has 2 rings (SSSR count). The molecule has 0 unspecified atom stereocenters. The molecule has 1 saturated heterocycles. The largest absolute Gasteiger partial charge is 0.468 e. The molecule has 15 heavy (non-hydrogen) atoms. The fraction of sp³-hybridized carbons (Fsp3) is 0.545. The number of amides is 1. The van der Waals surface area contributed by atoms with Gasteiger partial charge in [0.15, 0.2) is 0 Å². The van der Waals surface area contributed by atoms with Crippen LogP contribution in [0.5, 0.6) is 0 Å². The van der Waals surface area contributed by atoms with Gasteiger partial charge in [-0.1, -0.05) is 0 Å². The molecule has 1 aromatic rings. The second kappa shape index (κ2) is 3.70. The van der Waals surface area contributed by atoms with Crippen molar-refractivity contribution >= 4 is 5.91 Å². The van der Waals surface area contributed by atoms with Crippen LogP contribution >= 0.6 is 0 Å². The average molecular weight is 208 g/mol. The van der Waals surface area contributed by atoms with Crippen LogP contribution in [0.3, 0.4) is 0 Å². The van der Waals surface area contributed by atoms with Crippen LogP contribution in [0.4, 0.5) is 0 Å². The van der Waals surface area contributed by atoms with E-state index in [1.54, 1.807) is 6.26 Å². The molecule has 1 aliphatic rings. The summed E-state index contributed by atoms with van der Waals surface area (Å²) in [6.07, 6.45) is 1.66. The molecule has 0 aromatic carbocycles. The highest BCUT2D eigenvalue weighted by Crippen LogP contribution is 2.14. The van der Waals surface area contributed by atoms with Gasteiger partial charge in [-0.05, 0) is 26.0 Å². The summed E-state index contributed by atoms with van der Waals surface area (Å²) >= 11 is 0. The first-order valence-corrected chi connectivity index (χ1v) is 5.11. The van der Waals surface area contributed by atoms with Crippen molar-refractivity contribution in [1.29, 1.82) is 0 Å². The zero-order valence-corrected chi connectivity index (χ0v) is 9.12. The fourth-order valence-corrected chi connectivity index (χ4v) is 2.01. The molecular formula is C11H16N2O2. The molecule has 1 aromatic heterocycles. The highest BCUT2D eigenvalue weighted by atomic mass is 16.3. The number of nitrogens with one attached hydrogen (secondary N) is 1. The number of hydrogen-bond donors (Lipinski definition) is 1. The Hall–Kier alpha value is -1.29. The Labute approximate surface area is 89.2 Å². The van der Waals surface area contributed by atoms with Crippen LogP contribution in [0.1, 0.15) is 19.6 Å². The van der Waals surface area contributed by atoms with Gasteiger partial charge in [-0.25, -0.2) is 0 Å². The van der Waals surface area contributed by atoms with Gasteiger partial charge in [0, 0.05) is 12.1 Å². The average Bonchev–Trinajstić information content (AvgIpc) is 2.52. The molecule has 2 heterocycles. The van der Waals surface area contributed by atoms with E-state index in [0.29, 0.717) is 13.1 Å². The van der Waals surface area contributed by atoms with Crippen molar-refractivity contribution in [3.8, 4) is 0 Å². The number of carbonyl (C=O) groups is 1. The normalized spacial score (nSPS) is 21.3. The Kier molecular flexibility index (Phi) is 2.52. The van der Waals surface area contributed by atoms with Crippen molar-refractivity contribution < 1.29 is 9.21 Å². The molecule has 1 N–H and O–H groups in total. The quantitative estimate of drug-likeness (QED) is 0.788. The highest BCUT2D eigenvalue weighted by Gasteiger charge is 2.30. The maximum atomic E-state index is 11.4. The second-order valence-corrected chi connectivity index (χ2v) is 4.66. The molecule has 4 nitrogen and oxygen atoms in total. The minimum atomic E-state index is -0.151. The molecule has 0 spiro atoms. The van der Waals surface area contributed by atoms with Crippen LogP contribution in [-0.2, 0) is 11.3 Å². The van der Waals surface area contributed by atoms with E-state index in [1.165, 1.54) is 0 Å². The number of piperazine rings is 1. The first kappa shape index (κ1) is 10.2. The van der Waals surface area contributed by atoms with Crippen molar-refractivity contribution in [3.63, 3.8) is 0 Å².